The molecule has 3 aromatic rings. The zero-order valence-electron chi connectivity index (χ0n) is 17.2. The fraction of sp³-hybridized carbons (Fsp3) is 0.250. The maximum atomic E-state index is 12.7. The molecule has 0 unspecified atom stereocenters. The van der Waals surface area contributed by atoms with E-state index in [9.17, 15) is 9.59 Å². The van der Waals surface area contributed by atoms with Crippen LogP contribution in [0.1, 0.15) is 39.3 Å². The van der Waals surface area contributed by atoms with Gasteiger partial charge in [-0.25, -0.2) is 0 Å². The third-order valence-corrected chi connectivity index (χ3v) is 5.34. The smallest absolute Gasteiger partial charge is 0.257 e. The largest absolute Gasteiger partial charge is 0.349 e. The molecule has 0 saturated carbocycles. The lowest BCUT2D eigenvalue weighted by Crippen LogP contribution is -2.44. The zero-order valence-corrected chi connectivity index (χ0v) is 17.2. The Kier molecular flexibility index (Phi) is 6.64. The molecule has 0 radical (unpaired) electrons. The van der Waals surface area contributed by atoms with Crippen LogP contribution in [0.15, 0.2) is 73.2 Å². The van der Waals surface area contributed by atoms with Gasteiger partial charge < -0.3 is 10.6 Å². The van der Waals surface area contributed by atoms with Crippen LogP contribution in [0.25, 0.3) is 0 Å². The quantitative estimate of drug-likeness (QED) is 0.646. The van der Waals surface area contributed by atoms with Gasteiger partial charge in [-0.2, -0.15) is 0 Å². The SMILES string of the molecule is O=C(Nc1cccc(C(=O)NC2CCN(Cc3ccccn3)CC2)c1)c1cccnc1. The van der Waals surface area contributed by atoms with Gasteiger partial charge in [-0.05, 0) is 55.3 Å². The molecule has 2 N–H and O–H groups in total. The van der Waals surface area contributed by atoms with E-state index in [0.29, 0.717) is 16.8 Å². The average molecular weight is 415 g/mol. The van der Waals surface area contributed by atoms with E-state index >= 15 is 0 Å². The van der Waals surface area contributed by atoms with E-state index in [2.05, 4.69) is 25.5 Å². The van der Waals surface area contributed by atoms with Gasteiger partial charge in [0, 0.05) is 55.5 Å². The molecule has 7 nitrogen and oxygen atoms in total. The number of piperidine rings is 1. The fourth-order valence-electron chi connectivity index (χ4n) is 3.66. The second-order valence-corrected chi connectivity index (χ2v) is 7.62. The molecule has 158 valence electrons. The summed E-state index contributed by atoms with van der Waals surface area (Å²) in [5, 5.41) is 5.94. The molecule has 3 heterocycles. The van der Waals surface area contributed by atoms with Crippen LogP contribution in [0, 0.1) is 0 Å². The number of nitrogens with zero attached hydrogens (tertiary/aromatic N) is 3. The number of hydrogen-bond donors (Lipinski definition) is 2. The number of carbonyl (C=O) groups excluding carboxylic acids is 2. The van der Waals surface area contributed by atoms with Crippen molar-refractivity contribution in [1.29, 1.82) is 0 Å². The van der Waals surface area contributed by atoms with Crippen LogP contribution < -0.4 is 10.6 Å². The Morgan fingerprint density at radius 3 is 2.52 bits per heavy atom. The van der Waals surface area contributed by atoms with Gasteiger partial charge in [0.2, 0.25) is 0 Å². The molecular formula is C24H25N5O2. The third-order valence-electron chi connectivity index (χ3n) is 5.34. The number of carbonyl (C=O) groups is 2. The van der Waals surface area contributed by atoms with E-state index < -0.39 is 0 Å². The summed E-state index contributed by atoms with van der Waals surface area (Å²) in [5.41, 5.74) is 2.64. The normalized spacial score (nSPS) is 14.7. The van der Waals surface area contributed by atoms with Gasteiger partial charge in [0.15, 0.2) is 0 Å². The average Bonchev–Trinajstić information content (AvgIpc) is 2.82. The number of hydrogen-bond acceptors (Lipinski definition) is 5. The van der Waals surface area contributed by atoms with Crippen LogP contribution in [0.3, 0.4) is 0 Å². The first-order valence-corrected chi connectivity index (χ1v) is 10.4. The number of aromatic nitrogens is 2. The zero-order chi connectivity index (χ0) is 21.5. The highest BCUT2D eigenvalue weighted by atomic mass is 16.2. The Bertz CT molecular complexity index is 1020. The number of pyridine rings is 2. The fourth-order valence-corrected chi connectivity index (χ4v) is 3.66. The van der Waals surface area contributed by atoms with E-state index in [-0.39, 0.29) is 17.9 Å². The van der Waals surface area contributed by atoms with Crippen LogP contribution in [0.2, 0.25) is 0 Å². The van der Waals surface area contributed by atoms with Crippen molar-refractivity contribution in [2.75, 3.05) is 18.4 Å². The predicted octanol–water partition coefficient (Wildman–Crippen LogP) is 3.12. The highest BCUT2D eigenvalue weighted by Crippen LogP contribution is 2.16. The van der Waals surface area contributed by atoms with Gasteiger partial charge in [-0.3, -0.25) is 24.5 Å². The van der Waals surface area contributed by atoms with Crippen molar-refractivity contribution in [3.8, 4) is 0 Å². The van der Waals surface area contributed by atoms with Crippen molar-refractivity contribution in [3.05, 3.63) is 90.0 Å². The minimum Gasteiger partial charge on any atom is -0.349 e. The molecule has 0 atom stereocenters. The highest BCUT2D eigenvalue weighted by molar-refractivity contribution is 6.04. The number of nitrogens with one attached hydrogen (secondary N) is 2. The summed E-state index contributed by atoms with van der Waals surface area (Å²) < 4.78 is 0. The molecule has 2 amide bonds. The van der Waals surface area contributed by atoms with Crippen molar-refractivity contribution in [2.45, 2.75) is 25.4 Å². The Balaban J connectivity index is 1.29. The second kappa shape index (κ2) is 9.95. The van der Waals surface area contributed by atoms with Crippen LogP contribution >= 0.6 is 0 Å². The number of likely N-dealkylation sites (tertiary alicyclic amines) is 1. The topological polar surface area (TPSA) is 87.2 Å². The first-order valence-electron chi connectivity index (χ1n) is 10.4. The lowest BCUT2D eigenvalue weighted by molar-refractivity contribution is 0.0907. The van der Waals surface area contributed by atoms with Crippen molar-refractivity contribution >= 4 is 17.5 Å². The molecule has 2 aromatic heterocycles. The Morgan fingerprint density at radius 2 is 1.77 bits per heavy atom. The van der Waals surface area contributed by atoms with E-state index in [1.54, 1.807) is 42.6 Å². The van der Waals surface area contributed by atoms with E-state index in [1.807, 2.05) is 24.4 Å². The van der Waals surface area contributed by atoms with Gasteiger partial charge in [0.25, 0.3) is 11.8 Å². The number of rotatable bonds is 6. The number of anilines is 1. The summed E-state index contributed by atoms with van der Waals surface area (Å²) >= 11 is 0. The first kappa shape index (κ1) is 20.7. The molecule has 1 saturated heterocycles. The molecule has 4 rings (SSSR count). The summed E-state index contributed by atoms with van der Waals surface area (Å²) in [6, 6.07) is 16.5. The molecule has 1 fully saturated rings. The maximum Gasteiger partial charge on any atom is 0.257 e. The van der Waals surface area contributed by atoms with Crippen molar-refractivity contribution in [3.63, 3.8) is 0 Å². The molecule has 1 aliphatic heterocycles. The molecule has 1 aliphatic rings. The van der Waals surface area contributed by atoms with Gasteiger partial charge in [-0.15, -0.1) is 0 Å². The monoisotopic (exact) mass is 415 g/mol. The van der Waals surface area contributed by atoms with Gasteiger partial charge >= 0.3 is 0 Å². The minimum atomic E-state index is -0.258. The van der Waals surface area contributed by atoms with Crippen LogP contribution in [0.4, 0.5) is 5.69 Å². The van der Waals surface area contributed by atoms with Crippen LogP contribution in [-0.4, -0.2) is 45.8 Å². The van der Waals surface area contributed by atoms with Gasteiger partial charge in [0.1, 0.15) is 0 Å². The predicted molar refractivity (Wildman–Crippen MR) is 119 cm³/mol. The summed E-state index contributed by atoms with van der Waals surface area (Å²) in [7, 11) is 0. The molecular weight excluding hydrogens is 390 g/mol. The van der Waals surface area contributed by atoms with Gasteiger partial charge in [0.05, 0.1) is 11.3 Å². The van der Waals surface area contributed by atoms with E-state index in [1.165, 1.54) is 6.20 Å². The molecule has 1 aromatic carbocycles. The van der Waals surface area contributed by atoms with Crippen molar-refractivity contribution in [1.82, 2.24) is 20.2 Å². The third kappa shape index (κ3) is 5.73. The lowest BCUT2D eigenvalue weighted by atomic mass is 10.0. The summed E-state index contributed by atoms with van der Waals surface area (Å²) in [6.07, 6.45) is 6.73. The molecule has 31 heavy (non-hydrogen) atoms. The summed E-state index contributed by atoms with van der Waals surface area (Å²) in [5.74, 6) is -0.383. The number of benzene rings is 1. The second-order valence-electron chi connectivity index (χ2n) is 7.62. The molecule has 0 spiro atoms. The highest BCUT2D eigenvalue weighted by Gasteiger charge is 2.21. The summed E-state index contributed by atoms with van der Waals surface area (Å²) in [4.78, 5) is 35.7. The summed E-state index contributed by atoms with van der Waals surface area (Å²) in [6.45, 7) is 2.67. The lowest BCUT2D eigenvalue weighted by Gasteiger charge is -2.32. The van der Waals surface area contributed by atoms with Crippen LogP contribution in [0.5, 0.6) is 0 Å². The van der Waals surface area contributed by atoms with Crippen molar-refractivity contribution < 1.29 is 9.59 Å². The van der Waals surface area contributed by atoms with Crippen molar-refractivity contribution in [2.24, 2.45) is 0 Å². The van der Waals surface area contributed by atoms with Gasteiger partial charge in [-0.1, -0.05) is 12.1 Å². The minimum absolute atomic E-state index is 0.124. The maximum absolute atomic E-state index is 12.7. The first-order chi connectivity index (χ1) is 15.2. The standard InChI is InChI=1S/C24H25N5O2/c30-23(27-20-9-13-29(14-10-20)17-22-7-1-2-12-26-22)18-5-3-8-21(15-18)28-24(31)19-6-4-11-25-16-19/h1-8,11-12,15-16,20H,9-10,13-14,17H2,(H,27,30)(H,28,31). The Hall–Kier alpha value is -3.58. The Labute approximate surface area is 181 Å². The molecule has 7 heteroatoms. The number of amides is 2. The van der Waals surface area contributed by atoms with E-state index in [0.717, 1.165) is 38.2 Å². The van der Waals surface area contributed by atoms with Crippen LogP contribution in [-0.2, 0) is 6.54 Å². The molecule has 0 aliphatic carbocycles. The Morgan fingerprint density at radius 1 is 0.935 bits per heavy atom. The molecule has 0 bridgehead atoms. The van der Waals surface area contributed by atoms with E-state index in [4.69, 9.17) is 0 Å².